The highest BCUT2D eigenvalue weighted by Crippen LogP contribution is 2.26. The molecular weight excluding hydrogens is 204 g/mol. The summed E-state index contributed by atoms with van der Waals surface area (Å²) in [6, 6.07) is 0.380. The Morgan fingerprint density at radius 1 is 1.31 bits per heavy atom. The van der Waals surface area contributed by atoms with Crippen molar-refractivity contribution in [1.82, 2.24) is 25.0 Å². The number of nitrogens with zero attached hydrogens (tertiary/aromatic N) is 4. The Kier molecular flexibility index (Phi) is 2.62. The van der Waals surface area contributed by atoms with Crippen LogP contribution in [0.15, 0.2) is 0 Å². The van der Waals surface area contributed by atoms with Crippen LogP contribution in [0.4, 0.5) is 0 Å². The number of H-pyrrole nitrogens is 1. The minimum Gasteiger partial charge on any atom is -0.330 e. The molecule has 2 bridgehead atoms. The fourth-order valence-electron chi connectivity index (χ4n) is 2.57. The number of hydrogen-bond acceptors (Lipinski definition) is 5. The lowest BCUT2D eigenvalue weighted by molar-refractivity contribution is 0.00877. The first-order chi connectivity index (χ1) is 7.86. The van der Waals surface area contributed by atoms with E-state index in [1.165, 1.54) is 13.1 Å². The highest BCUT2D eigenvalue weighted by molar-refractivity contribution is 5.03. The molecule has 0 aromatic carbocycles. The van der Waals surface area contributed by atoms with E-state index in [0.29, 0.717) is 12.6 Å². The number of rotatable bonds is 3. The van der Waals surface area contributed by atoms with Crippen molar-refractivity contribution >= 4 is 0 Å². The molecule has 3 aliphatic rings. The molecule has 1 aromatic heterocycles. The van der Waals surface area contributed by atoms with Gasteiger partial charge in [0, 0.05) is 39.1 Å². The van der Waals surface area contributed by atoms with Crippen LogP contribution in [0.25, 0.3) is 0 Å². The second-order valence-corrected chi connectivity index (χ2v) is 4.53. The molecule has 1 atom stereocenters. The summed E-state index contributed by atoms with van der Waals surface area (Å²) in [6.07, 6.45) is 0.781. The summed E-state index contributed by atoms with van der Waals surface area (Å²) in [4.78, 5) is 9.50. The highest BCUT2D eigenvalue weighted by atomic mass is 15.4. The van der Waals surface area contributed by atoms with Crippen molar-refractivity contribution in [3.8, 4) is 0 Å². The van der Waals surface area contributed by atoms with Crippen molar-refractivity contribution in [1.29, 1.82) is 0 Å². The van der Waals surface area contributed by atoms with Gasteiger partial charge in [-0.3, -0.25) is 14.9 Å². The molecule has 0 spiro atoms. The molecule has 0 aliphatic carbocycles. The molecule has 1 unspecified atom stereocenters. The largest absolute Gasteiger partial charge is 0.330 e. The third kappa shape index (κ3) is 1.73. The molecule has 0 saturated carbocycles. The van der Waals surface area contributed by atoms with E-state index in [0.717, 1.165) is 37.7 Å². The molecule has 3 saturated heterocycles. The first kappa shape index (κ1) is 10.2. The molecular formula is C10H18N6. The van der Waals surface area contributed by atoms with E-state index in [-0.39, 0.29) is 0 Å². The van der Waals surface area contributed by atoms with E-state index in [2.05, 4.69) is 25.0 Å². The highest BCUT2D eigenvalue weighted by Gasteiger charge is 2.34. The standard InChI is InChI=1S/C10H18N6/c11-2-1-9-12-10(14-13-9)8-7-15-3-5-16(8)6-4-15/h8H,1-7,11H2,(H,12,13,14). The molecule has 16 heavy (non-hydrogen) atoms. The molecule has 3 fully saturated rings. The number of fused-ring (bicyclic) bond motifs is 3. The number of aromatic nitrogens is 3. The van der Waals surface area contributed by atoms with Gasteiger partial charge in [0.2, 0.25) is 0 Å². The molecule has 0 radical (unpaired) electrons. The average molecular weight is 222 g/mol. The summed E-state index contributed by atoms with van der Waals surface area (Å²) < 4.78 is 0. The van der Waals surface area contributed by atoms with E-state index in [4.69, 9.17) is 5.73 Å². The lowest BCUT2D eigenvalue weighted by Gasteiger charge is -2.46. The van der Waals surface area contributed by atoms with Gasteiger partial charge in [-0.25, -0.2) is 4.98 Å². The van der Waals surface area contributed by atoms with Crippen LogP contribution in [-0.4, -0.2) is 64.2 Å². The Balaban J connectivity index is 1.76. The van der Waals surface area contributed by atoms with E-state index in [1.54, 1.807) is 0 Å². The molecule has 1 aromatic rings. The average Bonchev–Trinajstić information content (AvgIpc) is 2.80. The Morgan fingerprint density at radius 2 is 2.12 bits per heavy atom. The Labute approximate surface area is 94.8 Å². The van der Waals surface area contributed by atoms with Gasteiger partial charge in [-0.15, -0.1) is 0 Å². The lowest BCUT2D eigenvalue weighted by atomic mass is 10.1. The summed E-state index contributed by atoms with van der Waals surface area (Å²) in [6.45, 7) is 6.36. The predicted molar refractivity (Wildman–Crippen MR) is 59.9 cm³/mol. The minimum absolute atomic E-state index is 0.380. The summed E-state index contributed by atoms with van der Waals surface area (Å²) >= 11 is 0. The number of nitrogens with two attached hydrogens (primary N) is 1. The smallest absolute Gasteiger partial charge is 0.169 e. The number of hydrogen-bond donors (Lipinski definition) is 2. The quantitative estimate of drug-likeness (QED) is 0.684. The van der Waals surface area contributed by atoms with Crippen molar-refractivity contribution in [3.05, 3.63) is 11.6 Å². The van der Waals surface area contributed by atoms with Crippen molar-refractivity contribution in [2.24, 2.45) is 5.73 Å². The van der Waals surface area contributed by atoms with Gasteiger partial charge in [0.15, 0.2) is 5.82 Å². The van der Waals surface area contributed by atoms with Crippen molar-refractivity contribution in [2.45, 2.75) is 12.5 Å². The van der Waals surface area contributed by atoms with Crippen LogP contribution in [0.2, 0.25) is 0 Å². The maximum absolute atomic E-state index is 5.50. The first-order valence-corrected chi connectivity index (χ1v) is 5.94. The van der Waals surface area contributed by atoms with Crippen LogP contribution < -0.4 is 5.73 Å². The summed E-state index contributed by atoms with van der Waals surface area (Å²) in [5.74, 6) is 1.85. The van der Waals surface area contributed by atoms with Gasteiger partial charge in [-0.05, 0) is 6.54 Å². The topological polar surface area (TPSA) is 74.1 Å². The van der Waals surface area contributed by atoms with Crippen LogP contribution in [0.3, 0.4) is 0 Å². The molecule has 6 nitrogen and oxygen atoms in total. The Hall–Kier alpha value is -0.980. The van der Waals surface area contributed by atoms with Crippen molar-refractivity contribution in [3.63, 3.8) is 0 Å². The van der Waals surface area contributed by atoms with Gasteiger partial charge in [0.05, 0.1) is 6.04 Å². The number of aromatic amines is 1. The zero-order valence-corrected chi connectivity index (χ0v) is 9.39. The number of piperazine rings is 3. The maximum atomic E-state index is 5.50. The van der Waals surface area contributed by atoms with Crippen LogP contribution in [-0.2, 0) is 6.42 Å². The maximum Gasteiger partial charge on any atom is 0.169 e. The van der Waals surface area contributed by atoms with Gasteiger partial charge in [0.1, 0.15) is 5.82 Å². The second-order valence-electron chi connectivity index (χ2n) is 4.53. The molecule has 6 heteroatoms. The van der Waals surface area contributed by atoms with Gasteiger partial charge in [-0.2, -0.15) is 5.10 Å². The summed E-state index contributed by atoms with van der Waals surface area (Å²) in [7, 11) is 0. The molecule has 4 heterocycles. The van der Waals surface area contributed by atoms with Crippen LogP contribution >= 0.6 is 0 Å². The zero-order valence-electron chi connectivity index (χ0n) is 9.39. The van der Waals surface area contributed by atoms with E-state index in [9.17, 15) is 0 Å². The van der Waals surface area contributed by atoms with Crippen molar-refractivity contribution < 1.29 is 0 Å². The molecule has 3 N–H and O–H groups in total. The molecule has 4 rings (SSSR count). The fraction of sp³-hybridized carbons (Fsp3) is 0.800. The monoisotopic (exact) mass is 222 g/mol. The predicted octanol–water partition coefficient (Wildman–Crippen LogP) is -1.02. The molecule has 3 aliphatic heterocycles. The van der Waals surface area contributed by atoms with Crippen molar-refractivity contribution in [2.75, 3.05) is 39.3 Å². The van der Waals surface area contributed by atoms with E-state index < -0.39 is 0 Å². The van der Waals surface area contributed by atoms with Gasteiger partial charge < -0.3 is 5.73 Å². The Morgan fingerprint density at radius 3 is 2.75 bits per heavy atom. The normalized spacial score (nSPS) is 33.2. The third-order valence-electron chi connectivity index (χ3n) is 3.51. The Bertz CT molecular complexity index is 354. The summed E-state index contributed by atoms with van der Waals surface area (Å²) in [5.41, 5.74) is 5.50. The fourth-order valence-corrected chi connectivity index (χ4v) is 2.57. The lowest BCUT2D eigenvalue weighted by Crippen LogP contribution is -2.57. The van der Waals surface area contributed by atoms with E-state index in [1.807, 2.05) is 0 Å². The van der Waals surface area contributed by atoms with Gasteiger partial charge >= 0.3 is 0 Å². The molecule has 0 amide bonds. The van der Waals surface area contributed by atoms with Crippen LogP contribution in [0.5, 0.6) is 0 Å². The third-order valence-corrected chi connectivity index (χ3v) is 3.51. The molecule has 88 valence electrons. The zero-order chi connectivity index (χ0) is 11.0. The van der Waals surface area contributed by atoms with Gasteiger partial charge in [0.25, 0.3) is 0 Å². The first-order valence-electron chi connectivity index (χ1n) is 5.94. The van der Waals surface area contributed by atoms with Gasteiger partial charge in [-0.1, -0.05) is 0 Å². The second kappa shape index (κ2) is 4.12. The number of nitrogens with one attached hydrogen (secondary N) is 1. The van der Waals surface area contributed by atoms with Crippen LogP contribution in [0.1, 0.15) is 17.7 Å². The summed E-state index contributed by atoms with van der Waals surface area (Å²) in [5, 5.41) is 7.29. The van der Waals surface area contributed by atoms with E-state index >= 15 is 0 Å². The minimum atomic E-state index is 0.380. The van der Waals surface area contributed by atoms with Crippen LogP contribution in [0, 0.1) is 0 Å². The SMILES string of the molecule is NCCc1nc(C2CN3CCN2CC3)n[nH]1.